The Morgan fingerprint density at radius 2 is 1.07 bits per heavy atom. The van der Waals surface area contributed by atoms with Gasteiger partial charge in [0.15, 0.2) is 10.3 Å². The standard InChI is InChI=1S/C21H38ClN3OS2/c1-2-3-4-5-6-8-11-14-17-27-20-23-19(22)24-21(25-20)28-18-15-12-9-7-10-13-16-26/h26H,2-18H2,1H3. The maximum absolute atomic E-state index is 8.77. The van der Waals surface area contributed by atoms with Gasteiger partial charge in [-0.25, -0.2) is 0 Å². The van der Waals surface area contributed by atoms with E-state index in [9.17, 15) is 0 Å². The van der Waals surface area contributed by atoms with Crippen LogP contribution in [0.15, 0.2) is 10.3 Å². The lowest BCUT2D eigenvalue weighted by Gasteiger charge is -2.05. The Morgan fingerprint density at radius 3 is 1.54 bits per heavy atom. The summed E-state index contributed by atoms with van der Waals surface area (Å²) >= 11 is 9.44. The van der Waals surface area contributed by atoms with Crippen LogP contribution >= 0.6 is 35.1 Å². The Hall–Kier alpha value is -0.0400. The van der Waals surface area contributed by atoms with Crippen molar-refractivity contribution < 1.29 is 5.11 Å². The van der Waals surface area contributed by atoms with Crippen LogP contribution in [-0.2, 0) is 0 Å². The van der Waals surface area contributed by atoms with E-state index in [1.165, 1.54) is 70.6 Å². The van der Waals surface area contributed by atoms with Gasteiger partial charge in [-0.05, 0) is 30.9 Å². The molecule has 1 aromatic heterocycles. The summed E-state index contributed by atoms with van der Waals surface area (Å²) in [6, 6.07) is 0. The summed E-state index contributed by atoms with van der Waals surface area (Å²) in [4.78, 5) is 13.1. The molecule has 4 nitrogen and oxygen atoms in total. The lowest BCUT2D eigenvalue weighted by molar-refractivity contribution is 0.282. The van der Waals surface area contributed by atoms with E-state index in [4.69, 9.17) is 16.7 Å². The lowest BCUT2D eigenvalue weighted by Crippen LogP contribution is -1.96. The van der Waals surface area contributed by atoms with Crippen LogP contribution in [0.1, 0.15) is 96.8 Å². The molecule has 1 heterocycles. The van der Waals surface area contributed by atoms with E-state index in [1.54, 1.807) is 23.5 Å². The van der Waals surface area contributed by atoms with Gasteiger partial charge in [-0.1, -0.05) is 101 Å². The van der Waals surface area contributed by atoms with Gasteiger partial charge >= 0.3 is 0 Å². The van der Waals surface area contributed by atoms with Crippen molar-refractivity contribution in [1.82, 2.24) is 15.0 Å². The first-order valence-electron chi connectivity index (χ1n) is 11.0. The van der Waals surface area contributed by atoms with Crippen molar-refractivity contribution >= 4 is 35.1 Å². The first kappa shape index (κ1) is 26.0. The minimum Gasteiger partial charge on any atom is -0.396 e. The van der Waals surface area contributed by atoms with Crippen molar-refractivity contribution in [2.24, 2.45) is 0 Å². The van der Waals surface area contributed by atoms with Gasteiger partial charge in [-0.2, -0.15) is 15.0 Å². The van der Waals surface area contributed by atoms with Gasteiger partial charge in [0.1, 0.15) is 0 Å². The highest BCUT2D eigenvalue weighted by Gasteiger charge is 2.06. The van der Waals surface area contributed by atoms with Gasteiger partial charge in [-0.15, -0.1) is 0 Å². The number of hydrogen-bond acceptors (Lipinski definition) is 6. The summed E-state index contributed by atoms with van der Waals surface area (Å²) in [5.41, 5.74) is 0. The summed E-state index contributed by atoms with van der Waals surface area (Å²) in [5.74, 6) is 2.07. The van der Waals surface area contributed by atoms with Gasteiger partial charge in [0.2, 0.25) is 5.28 Å². The molecule has 7 heteroatoms. The first-order valence-corrected chi connectivity index (χ1v) is 13.4. The van der Waals surface area contributed by atoms with Crippen LogP contribution in [0.25, 0.3) is 0 Å². The molecule has 0 radical (unpaired) electrons. The molecule has 0 amide bonds. The number of aliphatic hydroxyl groups excluding tert-OH is 1. The number of aliphatic hydroxyl groups is 1. The number of unbranched alkanes of at least 4 members (excludes halogenated alkanes) is 12. The molecule has 0 unspecified atom stereocenters. The quantitative estimate of drug-likeness (QED) is 0.179. The summed E-state index contributed by atoms with van der Waals surface area (Å²) < 4.78 is 0. The predicted molar refractivity (Wildman–Crippen MR) is 124 cm³/mol. The van der Waals surface area contributed by atoms with E-state index in [0.29, 0.717) is 11.9 Å². The van der Waals surface area contributed by atoms with E-state index >= 15 is 0 Å². The number of halogens is 1. The van der Waals surface area contributed by atoms with E-state index in [2.05, 4.69) is 21.9 Å². The number of thioether (sulfide) groups is 2. The molecule has 1 N–H and O–H groups in total. The van der Waals surface area contributed by atoms with Gasteiger partial charge < -0.3 is 5.11 Å². The van der Waals surface area contributed by atoms with Crippen LogP contribution in [0.5, 0.6) is 0 Å². The van der Waals surface area contributed by atoms with Crippen molar-refractivity contribution in [3.63, 3.8) is 0 Å². The van der Waals surface area contributed by atoms with Crippen LogP contribution in [0.4, 0.5) is 0 Å². The van der Waals surface area contributed by atoms with Crippen molar-refractivity contribution in [3.8, 4) is 0 Å². The van der Waals surface area contributed by atoms with E-state index in [-0.39, 0.29) is 0 Å². The molecular formula is C21H38ClN3OS2. The molecule has 0 aliphatic rings. The molecule has 0 bridgehead atoms. The van der Waals surface area contributed by atoms with Crippen LogP contribution in [-0.4, -0.2) is 38.2 Å². The minimum atomic E-state index is 0.305. The smallest absolute Gasteiger partial charge is 0.227 e. The maximum atomic E-state index is 8.77. The molecular weight excluding hydrogens is 410 g/mol. The molecule has 1 rings (SSSR count). The lowest BCUT2D eigenvalue weighted by atomic mass is 10.1. The van der Waals surface area contributed by atoms with Crippen molar-refractivity contribution in [3.05, 3.63) is 5.28 Å². The van der Waals surface area contributed by atoms with Crippen molar-refractivity contribution in [2.75, 3.05) is 18.1 Å². The van der Waals surface area contributed by atoms with Crippen LogP contribution in [0.3, 0.4) is 0 Å². The molecule has 0 atom stereocenters. The van der Waals surface area contributed by atoms with Gasteiger partial charge in [0, 0.05) is 18.1 Å². The zero-order valence-corrected chi connectivity index (χ0v) is 19.9. The fraction of sp³-hybridized carbons (Fsp3) is 0.857. The summed E-state index contributed by atoms with van der Waals surface area (Å²) in [7, 11) is 0. The molecule has 0 saturated carbocycles. The third kappa shape index (κ3) is 14.9. The molecule has 0 aromatic carbocycles. The highest BCUT2D eigenvalue weighted by molar-refractivity contribution is 7.99. The van der Waals surface area contributed by atoms with Crippen molar-refractivity contribution in [2.45, 2.75) is 107 Å². The van der Waals surface area contributed by atoms with Gasteiger partial charge in [0.25, 0.3) is 0 Å². The number of rotatable bonds is 19. The fourth-order valence-corrected chi connectivity index (χ4v) is 4.91. The van der Waals surface area contributed by atoms with Crippen LogP contribution in [0.2, 0.25) is 5.28 Å². The Kier molecular flexibility index (Phi) is 17.6. The predicted octanol–water partition coefficient (Wildman–Crippen LogP) is 7.18. The Balaban J connectivity index is 2.11. The molecule has 162 valence electrons. The molecule has 0 fully saturated rings. The van der Waals surface area contributed by atoms with E-state index in [0.717, 1.165) is 41.1 Å². The highest BCUT2D eigenvalue weighted by atomic mass is 35.5. The molecule has 1 aromatic rings. The monoisotopic (exact) mass is 447 g/mol. The third-order valence-corrected chi connectivity index (χ3v) is 6.62. The number of hydrogen-bond donors (Lipinski definition) is 1. The van der Waals surface area contributed by atoms with E-state index < -0.39 is 0 Å². The topological polar surface area (TPSA) is 58.9 Å². The fourth-order valence-electron chi connectivity index (χ4n) is 2.93. The average molecular weight is 448 g/mol. The molecule has 28 heavy (non-hydrogen) atoms. The highest BCUT2D eigenvalue weighted by Crippen LogP contribution is 2.22. The minimum absolute atomic E-state index is 0.305. The van der Waals surface area contributed by atoms with E-state index in [1.807, 2.05) is 0 Å². The summed E-state index contributed by atoms with van der Waals surface area (Å²) in [6.45, 7) is 2.58. The summed E-state index contributed by atoms with van der Waals surface area (Å²) in [5, 5.41) is 10.6. The van der Waals surface area contributed by atoms with Crippen molar-refractivity contribution in [1.29, 1.82) is 0 Å². The molecule has 0 aliphatic heterocycles. The maximum Gasteiger partial charge on any atom is 0.227 e. The van der Waals surface area contributed by atoms with Gasteiger partial charge in [0.05, 0.1) is 0 Å². The van der Waals surface area contributed by atoms with Gasteiger partial charge in [-0.3, -0.25) is 0 Å². The Morgan fingerprint density at radius 1 is 0.643 bits per heavy atom. The van der Waals surface area contributed by atoms with Crippen LogP contribution in [0, 0.1) is 0 Å². The number of nitrogens with zero attached hydrogens (tertiary/aromatic N) is 3. The number of aromatic nitrogens is 3. The zero-order chi connectivity index (χ0) is 20.3. The Bertz CT molecular complexity index is 495. The van der Waals surface area contributed by atoms with Crippen LogP contribution < -0.4 is 0 Å². The second kappa shape index (κ2) is 19.0. The molecule has 0 saturated heterocycles. The SMILES string of the molecule is CCCCCCCCCCSc1nc(Cl)nc(SCCCCCCCCO)n1. The normalized spacial score (nSPS) is 11.2. The first-order chi connectivity index (χ1) is 13.8. The largest absolute Gasteiger partial charge is 0.396 e. The molecule has 0 aliphatic carbocycles. The second-order valence-corrected chi connectivity index (χ2v) is 9.65. The zero-order valence-electron chi connectivity index (χ0n) is 17.5. The second-order valence-electron chi connectivity index (χ2n) is 7.19. The Labute approximate surface area is 185 Å². The average Bonchev–Trinajstić information content (AvgIpc) is 2.68. The summed E-state index contributed by atoms with van der Waals surface area (Å²) in [6.07, 6.45) is 17.5. The third-order valence-electron chi connectivity index (χ3n) is 4.58. The molecule has 0 spiro atoms.